The van der Waals surface area contributed by atoms with E-state index in [2.05, 4.69) is 6.92 Å². The van der Waals surface area contributed by atoms with Crippen LogP contribution >= 0.6 is 0 Å². The predicted molar refractivity (Wildman–Crippen MR) is 148 cm³/mol. The summed E-state index contributed by atoms with van der Waals surface area (Å²) in [4.78, 5) is 24.3. The number of unbranched alkanes of at least 4 members (excludes halogenated alkanes) is 13. The number of amides is 1. The Kier molecular flexibility index (Phi) is 18.1. The topological polar surface area (TPSA) is 55.4 Å². The third-order valence-corrected chi connectivity index (χ3v) is 7.65. The maximum absolute atomic E-state index is 14.3. The Morgan fingerprint density at radius 1 is 0.531 bits per heavy atom. The summed E-state index contributed by atoms with van der Waals surface area (Å²) >= 11 is 0. The third kappa shape index (κ3) is 11.7. The molecule has 0 heterocycles. The molecule has 4 nitrogen and oxygen atoms in total. The highest BCUT2D eigenvalue weighted by Gasteiger charge is 2.94. The maximum Gasteiger partial charge on any atom is 0.460 e. The van der Waals surface area contributed by atoms with Crippen LogP contribution in [0.5, 0.6) is 0 Å². The van der Waals surface area contributed by atoms with Gasteiger partial charge in [0.1, 0.15) is 6.04 Å². The van der Waals surface area contributed by atoms with Crippen molar-refractivity contribution in [2.75, 3.05) is 6.61 Å². The van der Waals surface area contributed by atoms with Crippen LogP contribution in [0.4, 0.5) is 65.9 Å². The summed E-state index contributed by atoms with van der Waals surface area (Å²) in [5.74, 6) is -54.6. The van der Waals surface area contributed by atoms with Gasteiger partial charge in [0, 0.05) is 0 Å². The summed E-state index contributed by atoms with van der Waals surface area (Å²) in [5, 5.41) is 0.876. The Labute approximate surface area is 275 Å². The molecule has 49 heavy (non-hydrogen) atoms. The minimum absolute atomic E-state index is 0.220. The van der Waals surface area contributed by atoms with E-state index in [1.165, 1.54) is 52.4 Å². The molecule has 1 atom stereocenters. The fourth-order valence-corrected chi connectivity index (χ4v) is 4.61. The van der Waals surface area contributed by atoms with Gasteiger partial charge in [-0.25, -0.2) is 4.79 Å². The zero-order chi connectivity index (χ0) is 38.5. The van der Waals surface area contributed by atoms with Gasteiger partial charge in [-0.05, 0) is 18.8 Å². The lowest BCUT2D eigenvalue weighted by Gasteiger charge is -2.41. The van der Waals surface area contributed by atoms with Crippen molar-refractivity contribution in [1.29, 1.82) is 0 Å². The van der Waals surface area contributed by atoms with E-state index in [0.717, 1.165) is 43.8 Å². The van der Waals surface area contributed by atoms with Crippen LogP contribution in [0.25, 0.3) is 0 Å². The number of hydrogen-bond acceptors (Lipinski definition) is 3. The van der Waals surface area contributed by atoms with Crippen LogP contribution in [0.15, 0.2) is 0 Å². The van der Waals surface area contributed by atoms with Crippen LogP contribution in [-0.4, -0.2) is 66.2 Å². The molecule has 0 aromatic carbocycles. The summed E-state index contributed by atoms with van der Waals surface area (Å²) < 4.78 is 207. The van der Waals surface area contributed by atoms with E-state index in [0.29, 0.717) is 6.42 Å². The molecule has 0 aromatic rings. The van der Waals surface area contributed by atoms with Gasteiger partial charge in [0.15, 0.2) is 0 Å². The number of esters is 1. The Bertz CT molecular complexity index is 1000. The van der Waals surface area contributed by atoms with E-state index < -0.39 is 72.0 Å². The highest BCUT2D eigenvalue weighted by molar-refractivity contribution is 5.89. The first-order valence-electron chi connectivity index (χ1n) is 16.0. The van der Waals surface area contributed by atoms with Gasteiger partial charge in [-0.2, -0.15) is 65.9 Å². The van der Waals surface area contributed by atoms with Crippen molar-refractivity contribution < 1.29 is 80.2 Å². The molecular formula is C30H44F15NO3. The van der Waals surface area contributed by atoms with Crippen molar-refractivity contribution in [2.24, 2.45) is 5.92 Å². The molecule has 0 bridgehead atoms. The lowest BCUT2D eigenvalue weighted by Crippen LogP contribution is -2.74. The highest BCUT2D eigenvalue weighted by atomic mass is 19.4. The number of carbonyl (C=O) groups excluding carboxylic acids is 2. The summed E-state index contributed by atoms with van der Waals surface area (Å²) in [6.07, 6.45) is 5.31. The van der Waals surface area contributed by atoms with Crippen molar-refractivity contribution in [1.82, 2.24) is 5.32 Å². The van der Waals surface area contributed by atoms with Gasteiger partial charge in [0.05, 0.1) is 6.61 Å². The lowest BCUT2D eigenvalue weighted by molar-refractivity contribution is -0.449. The fourth-order valence-electron chi connectivity index (χ4n) is 4.61. The zero-order valence-electron chi connectivity index (χ0n) is 27.4. The van der Waals surface area contributed by atoms with Crippen LogP contribution in [0.2, 0.25) is 0 Å². The van der Waals surface area contributed by atoms with Crippen LogP contribution < -0.4 is 5.32 Å². The molecule has 0 radical (unpaired) electrons. The van der Waals surface area contributed by atoms with Gasteiger partial charge in [-0.15, -0.1) is 0 Å². The van der Waals surface area contributed by atoms with Crippen molar-refractivity contribution >= 4 is 11.9 Å². The maximum atomic E-state index is 14.3. The molecule has 0 saturated carbocycles. The zero-order valence-corrected chi connectivity index (χ0v) is 27.4. The first kappa shape index (κ1) is 46.9. The molecule has 1 unspecified atom stereocenters. The molecule has 19 heteroatoms. The number of carbonyl (C=O) groups is 2. The van der Waals surface area contributed by atoms with E-state index in [1.54, 1.807) is 0 Å². The SMILES string of the molecule is CCCCCCCCCCCCCCCCOC(=O)C(CC(C)C)NC(=O)C(F)(F)C(F)(F)C(F)(F)C(F)(F)C(F)(F)C(F)(F)C(F)(F)F. The van der Waals surface area contributed by atoms with Crippen molar-refractivity contribution in [3.8, 4) is 0 Å². The highest BCUT2D eigenvalue weighted by Crippen LogP contribution is 2.62. The average molecular weight is 752 g/mol. The van der Waals surface area contributed by atoms with Crippen LogP contribution in [0, 0.1) is 5.92 Å². The molecule has 0 aromatic heterocycles. The fraction of sp³-hybridized carbons (Fsp3) is 0.933. The second-order valence-electron chi connectivity index (χ2n) is 12.4. The van der Waals surface area contributed by atoms with E-state index >= 15 is 0 Å². The number of ether oxygens (including phenoxy) is 1. The number of nitrogens with one attached hydrogen (secondary N) is 1. The molecule has 0 aliphatic carbocycles. The minimum Gasteiger partial charge on any atom is -0.464 e. The van der Waals surface area contributed by atoms with Gasteiger partial charge in [0.2, 0.25) is 0 Å². The van der Waals surface area contributed by atoms with E-state index in [4.69, 9.17) is 4.74 Å². The first-order valence-corrected chi connectivity index (χ1v) is 16.0. The van der Waals surface area contributed by atoms with Crippen LogP contribution in [-0.2, 0) is 14.3 Å². The predicted octanol–water partition coefficient (Wildman–Crippen LogP) is 10.9. The second-order valence-corrected chi connectivity index (χ2v) is 12.4. The van der Waals surface area contributed by atoms with E-state index in [1.807, 2.05) is 0 Å². The Morgan fingerprint density at radius 3 is 1.24 bits per heavy atom. The van der Waals surface area contributed by atoms with Crippen molar-refractivity contribution in [2.45, 2.75) is 165 Å². The van der Waals surface area contributed by atoms with Crippen molar-refractivity contribution in [3.05, 3.63) is 0 Å². The molecule has 0 aliphatic heterocycles. The number of alkyl halides is 15. The van der Waals surface area contributed by atoms with Crippen LogP contribution in [0.3, 0.4) is 0 Å². The van der Waals surface area contributed by atoms with Gasteiger partial charge >= 0.3 is 47.7 Å². The molecule has 1 amide bonds. The summed E-state index contributed by atoms with van der Waals surface area (Å²) in [7, 11) is 0. The summed E-state index contributed by atoms with van der Waals surface area (Å²) in [6, 6.07) is -2.30. The molecule has 292 valence electrons. The normalized spacial score (nSPS) is 14.7. The lowest BCUT2D eigenvalue weighted by atomic mass is 9.90. The van der Waals surface area contributed by atoms with E-state index in [-0.39, 0.29) is 13.0 Å². The molecule has 0 aliphatic rings. The second kappa shape index (κ2) is 18.9. The number of halogens is 15. The van der Waals surface area contributed by atoms with Crippen molar-refractivity contribution in [3.63, 3.8) is 0 Å². The average Bonchev–Trinajstić information content (AvgIpc) is 2.97. The van der Waals surface area contributed by atoms with Gasteiger partial charge < -0.3 is 10.1 Å². The Balaban J connectivity index is 5.28. The van der Waals surface area contributed by atoms with Gasteiger partial charge in [0.25, 0.3) is 5.91 Å². The largest absolute Gasteiger partial charge is 0.464 e. The summed E-state index contributed by atoms with van der Waals surface area (Å²) in [5.41, 5.74) is 0. The smallest absolute Gasteiger partial charge is 0.460 e. The number of rotatable bonds is 25. The molecule has 0 spiro atoms. The first-order chi connectivity index (χ1) is 22.2. The molecule has 1 N–H and O–H groups in total. The molecule has 0 saturated heterocycles. The number of hydrogen-bond donors (Lipinski definition) is 1. The van der Waals surface area contributed by atoms with E-state index in [9.17, 15) is 75.4 Å². The third-order valence-electron chi connectivity index (χ3n) is 7.65. The van der Waals surface area contributed by atoms with Gasteiger partial charge in [-0.3, -0.25) is 4.79 Å². The quantitative estimate of drug-likeness (QED) is 0.0574. The molecule has 0 fully saturated rings. The minimum atomic E-state index is -8.52. The monoisotopic (exact) mass is 751 g/mol. The van der Waals surface area contributed by atoms with Crippen LogP contribution in [0.1, 0.15) is 117 Å². The molecule has 0 rings (SSSR count). The van der Waals surface area contributed by atoms with Gasteiger partial charge in [-0.1, -0.05) is 104 Å². The standard InChI is InChI=1S/C30H44F15NO3/c1-4-5-6-7-8-9-10-11-12-13-14-15-16-17-18-49-22(47)21(19-20(2)3)46-23(48)24(31,32)25(33,34)26(35,36)27(37,38)28(39,40)29(41,42)30(43,44)45/h20-21H,4-19H2,1-3H3,(H,46,48). The Morgan fingerprint density at radius 2 is 0.878 bits per heavy atom. The molecular weight excluding hydrogens is 707 g/mol. The Hall–Kier alpha value is -2.11. The summed E-state index contributed by atoms with van der Waals surface area (Å²) in [6.45, 7) is 4.36.